The van der Waals surface area contributed by atoms with E-state index in [0.29, 0.717) is 15.8 Å². The van der Waals surface area contributed by atoms with Crippen molar-refractivity contribution in [1.29, 1.82) is 0 Å². The molecule has 0 N–H and O–H groups in total. The summed E-state index contributed by atoms with van der Waals surface area (Å²) >= 11 is 4.86. The summed E-state index contributed by atoms with van der Waals surface area (Å²) in [7, 11) is 0. The van der Waals surface area contributed by atoms with Crippen molar-refractivity contribution < 1.29 is 4.79 Å². The minimum atomic E-state index is -0.195. The molecule has 2 aromatic carbocycles. The summed E-state index contributed by atoms with van der Waals surface area (Å²) in [5.74, 6) is -0.112. The Morgan fingerprint density at radius 3 is 2.52 bits per heavy atom. The summed E-state index contributed by atoms with van der Waals surface area (Å²) in [6.07, 6.45) is 1.46. The van der Waals surface area contributed by atoms with Gasteiger partial charge in [-0.25, -0.2) is 4.98 Å². The molecule has 4 aromatic rings. The van der Waals surface area contributed by atoms with Crippen molar-refractivity contribution >= 4 is 43.3 Å². The van der Waals surface area contributed by atoms with E-state index in [0.717, 1.165) is 21.2 Å². The highest BCUT2D eigenvalue weighted by atomic mass is 79.9. The highest BCUT2D eigenvalue weighted by Gasteiger charge is 2.15. The first-order valence-corrected chi connectivity index (χ1v) is 10.0. The summed E-state index contributed by atoms with van der Waals surface area (Å²) in [4.78, 5) is 30.7. The van der Waals surface area contributed by atoms with E-state index < -0.39 is 0 Å². The van der Waals surface area contributed by atoms with Crippen LogP contribution in [0.2, 0.25) is 0 Å². The van der Waals surface area contributed by atoms with Gasteiger partial charge < -0.3 is 0 Å². The van der Waals surface area contributed by atoms with Gasteiger partial charge in [0.2, 0.25) is 0 Å². The third-order valence-corrected chi connectivity index (χ3v) is 5.82. The van der Waals surface area contributed by atoms with Crippen LogP contribution >= 0.6 is 27.3 Å². The van der Waals surface area contributed by atoms with Crippen molar-refractivity contribution in [3.05, 3.63) is 86.2 Å². The normalized spacial score (nSPS) is 11.0. The molecule has 4 nitrogen and oxygen atoms in total. The van der Waals surface area contributed by atoms with Gasteiger partial charge in [-0.15, -0.1) is 11.3 Å². The Hall–Kier alpha value is -2.57. The van der Waals surface area contributed by atoms with Crippen LogP contribution in [0.5, 0.6) is 0 Å². The first-order valence-electron chi connectivity index (χ1n) is 8.35. The molecule has 0 atom stereocenters. The zero-order chi connectivity index (χ0) is 19.0. The molecule has 6 heteroatoms. The molecule has 0 unspecified atom stereocenters. The lowest BCUT2D eigenvalue weighted by Gasteiger charge is -2.06. The predicted molar refractivity (Wildman–Crippen MR) is 113 cm³/mol. The third kappa shape index (κ3) is 3.50. The molecule has 0 aliphatic carbocycles. The van der Waals surface area contributed by atoms with Gasteiger partial charge in [0.05, 0.1) is 18.3 Å². The van der Waals surface area contributed by atoms with Gasteiger partial charge >= 0.3 is 0 Å². The van der Waals surface area contributed by atoms with Crippen LogP contribution in [0, 0.1) is 6.92 Å². The summed E-state index contributed by atoms with van der Waals surface area (Å²) in [6, 6.07) is 15.1. The fourth-order valence-corrected chi connectivity index (χ4v) is 4.08. The summed E-state index contributed by atoms with van der Waals surface area (Å²) in [5.41, 5.74) is 3.28. The van der Waals surface area contributed by atoms with Crippen LogP contribution in [-0.2, 0) is 6.54 Å². The fraction of sp³-hybridized carbons (Fsp3) is 0.0952. The number of hydrogen-bond donors (Lipinski definition) is 0. The molecule has 0 amide bonds. The Bertz CT molecular complexity index is 1190. The highest BCUT2D eigenvalue weighted by molar-refractivity contribution is 9.10. The molecular formula is C21H15BrN2O2S. The van der Waals surface area contributed by atoms with Crippen LogP contribution in [0.4, 0.5) is 0 Å². The Morgan fingerprint density at radius 2 is 1.81 bits per heavy atom. The fourth-order valence-electron chi connectivity index (χ4n) is 2.91. The Morgan fingerprint density at radius 1 is 1.11 bits per heavy atom. The molecular weight excluding hydrogens is 424 g/mol. The van der Waals surface area contributed by atoms with Crippen molar-refractivity contribution in [2.45, 2.75) is 13.5 Å². The molecule has 0 radical (unpaired) electrons. The molecule has 0 saturated heterocycles. The summed E-state index contributed by atoms with van der Waals surface area (Å²) in [6.45, 7) is 1.94. The molecule has 0 fully saturated rings. The second kappa shape index (κ2) is 7.21. The number of rotatable bonds is 4. The molecule has 0 spiro atoms. The molecule has 2 heterocycles. The van der Waals surface area contributed by atoms with Crippen LogP contribution in [0.1, 0.15) is 15.9 Å². The van der Waals surface area contributed by atoms with Gasteiger partial charge in [-0.1, -0.05) is 57.9 Å². The summed E-state index contributed by atoms with van der Waals surface area (Å²) < 4.78 is 2.37. The smallest absolute Gasteiger partial charge is 0.263 e. The molecule has 27 heavy (non-hydrogen) atoms. The van der Waals surface area contributed by atoms with Gasteiger partial charge in [-0.3, -0.25) is 14.2 Å². The number of aromatic nitrogens is 2. The van der Waals surface area contributed by atoms with E-state index >= 15 is 0 Å². The van der Waals surface area contributed by atoms with E-state index in [1.165, 1.54) is 22.2 Å². The number of benzene rings is 2. The maximum absolute atomic E-state index is 13.0. The van der Waals surface area contributed by atoms with Gasteiger partial charge in [0.1, 0.15) is 4.83 Å². The first-order chi connectivity index (χ1) is 13.0. The average Bonchev–Trinajstić information content (AvgIpc) is 3.10. The van der Waals surface area contributed by atoms with Crippen molar-refractivity contribution in [3.8, 4) is 11.1 Å². The van der Waals surface area contributed by atoms with Gasteiger partial charge in [0.25, 0.3) is 5.56 Å². The molecule has 0 saturated carbocycles. The number of aryl methyl sites for hydroxylation is 1. The number of carbonyl (C=O) groups is 1. The predicted octanol–water partition coefficient (Wildman–Crippen LogP) is 5.08. The van der Waals surface area contributed by atoms with Gasteiger partial charge in [-0.2, -0.15) is 0 Å². The van der Waals surface area contributed by atoms with E-state index in [-0.39, 0.29) is 17.9 Å². The quantitative estimate of drug-likeness (QED) is 0.417. The first kappa shape index (κ1) is 17.8. The largest absolute Gasteiger partial charge is 0.292 e. The molecule has 134 valence electrons. The monoisotopic (exact) mass is 438 g/mol. The van der Waals surface area contributed by atoms with Crippen molar-refractivity contribution in [2.24, 2.45) is 0 Å². The lowest BCUT2D eigenvalue weighted by molar-refractivity contribution is 0.0970. The van der Waals surface area contributed by atoms with E-state index in [9.17, 15) is 9.59 Å². The summed E-state index contributed by atoms with van der Waals surface area (Å²) in [5, 5.41) is 2.50. The van der Waals surface area contributed by atoms with E-state index in [1.807, 2.05) is 48.7 Å². The van der Waals surface area contributed by atoms with Gasteiger partial charge in [0, 0.05) is 21.0 Å². The number of hydrogen-bond acceptors (Lipinski definition) is 4. The number of halogens is 1. The molecule has 4 rings (SSSR count). The lowest BCUT2D eigenvalue weighted by Crippen LogP contribution is -2.24. The standard InChI is InChI=1S/C21H15BrN2O2S/c1-13-2-4-15(5-3-13)18(25)10-24-12-23-20-19(21(24)26)17(11-27-20)14-6-8-16(22)9-7-14/h2-9,11-12H,10H2,1H3. The number of carbonyl (C=O) groups excluding carboxylic acids is 1. The van der Waals surface area contributed by atoms with Crippen molar-refractivity contribution in [1.82, 2.24) is 9.55 Å². The van der Waals surface area contributed by atoms with Crippen LogP contribution in [-0.4, -0.2) is 15.3 Å². The van der Waals surface area contributed by atoms with Gasteiger partial charge in [-0.05, 0) is 24.6 Å². The number of ketones is 1. The highest BCUT2D eigenvalue weighted by Crippen LogP contribution is 2.31. The number of Topliss-reactive ketones (excluding diaryl/α,β-unsaturated/α-hetero) is 1. The molecule has 2 aromatic heterocycles. The Balaban J connectivity index is 1.74. The Labute approximate surface area is 168 Å². The van der Waals surface area contributed by atoms with E-state index in [1.54, 1.807) is 12.1 Å². The minimum Gasteiger partial charge on any atom is -0.292 e. The van der Waals surface area contributed by atoms with Crippen LogP contribution < -0.4 is 5.56 Å². The Kier molecular flexibility index (Phi) is 4.76. The number of fused-ring (bicyclic) bond motifs is 1. The minimum absolute atomic E-state index is 0.0273. The molecule has 0 bridgehead atoms. The number of thiophene rings is 1. The zero-order valence-electron chi connectivity index (χ0n) is 14.5. The van der Waals surface area contributed by atoms with E-state index in [2.05, 4.69) is 20.9 Å². The molecule has 0 aliphatic rings. The maximum Gasteiger partial charge on any atom is 0.263 e. The van der Waals surface area contributed by atoms with Crippen LogP contribution in [0.25, 0.3) is 21.3 Å². The van der Waals surface area contributed by atoms with Crippen LogP contribution in [0.3, 0.4) is 0 Å². The van der Waals surface area contributed by atoms with E-state index in [4.69, 9.17) is 0 Å². The number of nitrogens with zero attached hydrogens (tertiary/aromatic N) is 2. The average molecular weight is 439 g/mol. The second-order valence-electron chi connectivity index (χ2n) is 6.30. The lowest BCUT2D eigenvalue weighted by atomic mass is 10.1. The van der Waals surface area contributed by atoms with Gasteiger partial charge in [0.15, 0.2) is 5.78 Å². The molecule has 0 aliphatic heterocycles. The topological polar surface area (TPSA) is 52.0 Å². The maximum atomic E-state index is 13.0. The SMILES string of the molecule is Cc1ccc(C(=O)Cn2cnc3scc(-c4ccc(Br)cc4)c3c2=O)cc1. The second-order valence-corrected chi connectivity index (χ2v) is 8.08. The van der Waals surface area contributed by atoms with Crippen molar-refractivity contribution in [3.63, 3.8) is 0 Å². The third-order valence-electron chi connectivity index (χ3n) is 4.40. The zero-order valence-corrected chi connectivity index (χ0v) is 16.9. The van der Waals surface area contributed by atoms with Crippen molar-refractivity contribution in [2.75, 3.05) is 0 Å². The van der Waals surface area contributed by atoms with Crippen LogP contribution in [0.15, 0.2) is 69.5 Å².